The molecule has 0 aliphatic heterocycles. The molecular weight excluding hydrogens is 450 g/mol. The second-order valence-corrected chi connectivity index (χ2v) is 9.21. The number of thiazole rings is 1. The quantitative estimate of drug-likeness (QED) is 0.277. The van der Waals surface area contributed by atoms with Gasteiger partial charge in [-0.1, -0.05) is 41.9 Å². The maximum absolute atomic E-state index is 12.7. The summed E-state index contributed by atoms with van der Waals surface area (Å²) in [6, 6.07) is 19.2. The molecule has 0 unspecified atom stereocenters. The van der Waals surface area contributed by atoms with Gasteiger partial charge in [-0.2, -0.15) is 5.10 Å². The molecule has 0 aliphatic carbocycles. The van der Waals surface area contributed by atoms with Crippen molar-refractivity contribution >= 4 is 50.5 Å². The predicted molar refractivity (Wildman–Crippen MR) is 125 cm³/mol. The summed E-state index contributed by atoms with van der Waals surface area (Å²) in [5.41, 5.74) is 3.53. The molecule has 0 bridgehead atoms. The topological polar surface area (TPSA) is 57.0 Å². The number of aromatic nitrogens is 3. The molecule has 31 heavy (non-hydrogen) atoms. The van der Waals surface area contributed by atoms with Crippen LogP contribution < -0.4 is 0 Å². The van der Waals surface area contributed by atoms with Crippen molar-refractivity contribution in [3.8, 4) is 16.3 Å². The van der Waals surface area contributed by atoms with E-state index < -0.39 is 0 Å². The van der Waals surface area contributed by atoms with Gasteiger partial charge in [0.2, 0.25) is 0 Å². The third kappa shape index (κ3) is 3.99. The number of thiophene rings is 1. The Bertz CT molecular complexity index is 1370. The third-order valence-electron chi connectivity index (χ3n) is 4.74. The molecule has 8 heteroatoms. The van der Waals surface area contributed by atoms with Gasteiger partial charge in [0.25, 0.3) is 0 Å². The van der Waals surface area contributed by atoms with Crippen molar-refractivity contribution in [3.63, 3.8) is 0 Å². The maximum atomic E-state index is 12.7. The molecule has 0 atom stereocenters. The summed E-state index contributed by atoms with van der Waals surface area (Å²) >= 11 is 8.90. The molecule has 0 aliphatic rings. The van der Waals surface area contributed by atoms with Crippen LogP contribution in [0.3, 0.4) is 0 Å². The minimum Gasteiger partial charge on any atom is -0.455 e. The van der Waals surface area contributed by atoms with E-state index in [9.17, 15) is 4.79 Å². The van der Waals surface area contributed by atoms with Crippen molar-refractivity contribution < 1.29 is 9.53 Å². The minimum absolute atomic E-state index is 0.138. The molecular formula is C23H16ClN3O2S2. The molecule has 0 saturated carbocycles. The molecule has 0 fully saturated rings. The van der Waals surface area contributed by atoms with Crippen LogP contribution >= 0.6 is 34.3 Å². The first-order valence-electron chi connectivity index (χ1n) is 9.50. The zero-order chi connectivity index (χ0) is 21.4. The van der Waals surface area contributed by atoms with Crippen LogP contribution in [0.1, 0.15) is 21.1 Å². The molecule has 3 heterocycles. The van der Waals surface area contributed by atoms with Crippen LogP contribution in [0.15, 0.2) is 66.0 Å². The molecule has 0 amide bonds. The lowest BCUT2D eigenvalue weighted by Crippen LogP contribution is -2.03. The van der Waals surface area contributed by atoms with E-state index in [1.165, 1.54) is 22.7 Å². The summed E-state index contributed by atoms with van der Waals surface area (Å²) < 4.78 is 7.36. The third-order valence-corrected chi connectivity index (χ3v) is 7.02. The molecule has 0 spiro atoms. The van der Waals surface area contributed by atoms with E-state index in [1.807, 2.05) is 77.6 Å². The number of hydrogen-bond acceptors (Lipinski definition) is 6. The molecule has 2 aromatic carbocycles. The van der Waals surface area contributed by atoms with Gasteiger partial charge >= 0.3 is 5.97 Å². The van der Waals surface area contributed by atoms with Crippen LogP contribution in [-0.2, 0) is 11.3 Å². The first-order chi connectivity index (χ1) is 15.1. The smallest absolute Gasteiger partial charge is 0.348 e. The van der Waals surface area contributed by atoms with E-state index in [4.69, 9.17) is 16.3 Å². The van der Waals surface area contributed by atoms with Gasteiger partial charge in [0.05, 0.1) is 17.1 Å². The Kier molecular flexibility index (Phi) is 5.31. The van der Waals surface area contributed by atoms with Crippen LogP contribution in [0.5, 0.6) is 0 Å². The molecule has 5 rings (SSSR count). The Morgan fingerprint density at radius 2 is 1.90 bits per heavy atom. The van der Waals surface area contributed by atoms with Crippen LogP contribution in [-0.4, -0.2) is 20.7 Å². The van der Waals surface area contributed by atoms with Crippen LogP contribution in [0, 0.1) is 6.92 Å². The number of carbonyl (C=O) groups excluding carboxylic acids is 1. The Hall–Kier alpha value is -3.00. The maximum Gasteiger partial charge on any atom is 0.348 e. The van der Waals surface area contributed by atoms with E-state index in [2.05, 4.69) is 10.1 Å². The van der Waals surface area contributed by atoms with E-state index in [-0.39, 0.29) is 12.6 Å². The monoisotopic (exact) mass is 465 g/mol. The number of aryl methyl sites for hydroxylation is 1. The van der Waals surface area contributed by atoms with Gasteiger partial charge in [-0.05, 0) is 37.3 Å². The van der Waals surface area contributed by atoms with E-state index in [0.29, 0.717) is 9.90 Å². The summed E-state index contributed by atoms with van der Waals surface area (Å²) in [5, 5.41) is 9.03. The number of ether oxygens (including phenoxy) is 1. The van der Waals surface area contributed by atoms with Crippen molar-refractivity contribution in [2.24, 2.45) is 0 Å². The van der Waals surface area contributed by atoms with E-state index in [0.717, 1.165) is 37.9 Å². The number of hydrogen-bond donors (Lipinski definition) is 0. The Morgan fingerprint density at radius 3 is 2.68 bits per heavy atom. The minimum atomic E-state index is -0.363. The van der Waals surface area contributed by atoms with Crippen molar-refractivity contribution in [3.05, 3.63) is 87.3 Å². The van der Waals surface area contributed by atoms with Crippen LogP contribution in [0.25, 0.3) is 26.5 Å². The summed E-state index contributed by atoms with van der Waals surface area (Å²) in [5.74, 6) is -0.363. The Morgan fingerprint density at radius 1 is 1.13 bits per heavy atom. The number of rotatable bonds is 5. The van der Waals surface area contributed by atoms with Crippen LogP contribution in [0.4, 0.5) is 0 Å². The molecule has 3 aromatic heterocycles. The summed E-state index contributed by atoms with van der Waals surface area (Å²) in [4.78, 5) is 18.7. The Balaban J connectivity index is 1.34. The average Bonchev–Trinajstić information content (AvgIpc) is 3.50. The summed E-state index contributed by atoms with van der Waals surface area (Å²) in [6.07, 6.45) is 0. The lowest BCUT2D eigenvalue weighted by molar-refractivity contribution is 0.0474. The largest absolute Gasteiger partial charge is 0.455 e. The molecule has 5 nitrogen and oxygen atoms in total. The van der Waals surface area contributed by atoms with Crippen molar-refractivity contribution in [1.29, 1.82) is 0 Å². The highest BCUT2D eigenvalue weighted by molar-refractivity contribution is 7.20. The molecule has 5 aromatic rings. The van der Waals surface area contributed by atoms with Crippen molar-refractivity contribution in [1.82, 2.24) is 14.8 Å². The first-order valence-corrected chi connectivity index (χ1v) is 11.6. The fraction of sp³-hybridized carbons (Fsp3) is 0.0870. The first kappa shape index (κ1) is 19.9. The van der Waals surface area contributed by atoms with E-state index in [1.54, 1.807) is 0 Å². The number of carbonyl (C=O) groups is 1. The number of esters is 1. The van der Waals surface area contributed by atoms with Gasteiger partial charge in [0.1, 0.15) is 21.3 Å². The molecule has 0 saturated heterocycles. The highest BCUT2D eigenvalue weighted by atomic mass is 35.5. The molecule has 154 valence electrons. The second-order valence-electron chi connectivity index (χ2n) is 6.89. The van der Waals surface area contributed by atoms with Gasteiger partial charge in [-0.3, -0.25) is 0 Å². The van der Waals surface area contributed by atoms with Crippen molar-refractivity contribution in [2.45, 2.75) is 13.5 Å². The molecule has 0 radical (unpaired) electrons. The number of benzene rings is 2. The fourth-order valence-corrected chi connectivity index (χ4v) is 5.22. The number of fused-ring (bicyclic) bond motifs is 1. The van der Waals surface area contributed by atoms with Gasteiger partial charge in [0, 0.05) is 21.4 Å². The summed E-state index contributed by atoms with van der Waals surface area (Å²) in [7, 11) is 0. The Labute approximate surface area is 191 Å². The van der Waals surface area contributed by atoms with E-state index >= 15 is 0 Å². The zero-order valence-electron chi connectivity index (χ0n) is 16.4. The van der Waals surface area contributed by atoms with Gasteiger partial charge < -0.3 is 4.74 Å². The lowest BCUT2D eigenvalue weighted by atomic mass is 10.2. The van der Waals surface area contributed by atoms with Gasteiger partial charge in [-0.15, -0.1) is 22.7 Å². The normalized spacial score (nSPS) is 11.2. The zero-order valence-corrected chi connectivity index (χ0v) is 18.8. The lowest BCUT2D eigenvalue weighted by Gasteiger charge is -2.02. The predicted octanol–water partition coefficient (Wildman–Crippen LogP) is 6.53. The highest BCUT2D eigenvalue weighted by Crippen LogP contribution is 2.31. The fourth-order valence-electron chi connectivity index (χ4n) is 3.20. The number of halogens is 1. The summed E-state index contributed by atoms with van der Waals surface area (Å²) in [6.45, 7) is 2.07. The SMILES string of the molecule is Cc1nn(-c2ccc(Cl)cc2)c2sc(C(=O)OCc3csc(-c4ccccc4)n3)cc12. The highest BCUT2D eigenvalue weighted by Gasteiger charge is 2.18. The van der Waals surface area contributed by atoms with Crippen LogP contribution in [0.2, 0.25) is 5.02 Å². The average molecular weight is 466 g/mol. The van der Waals surface area contributed by atoms with Gasteiger partial charge in [-0.25, -0.2) is 14.5 Å². The number of nitrogens with zero attached hydrogens (tertiary/aromatic N) is 3. The second kappa shape index (κ2) is 8.26. The standard InChI is InChI=1S/C23H16ClN3O2S2/c1-14-19-11-20(31-22(19)27(26-14)18-9-7-16(24)8-10-18)23(28)29-12-17-13-30-21(25-17)15-5-3-2-4-6-15/h2-11,13H,12H2,1H3. The van der Waals surface area contributed by atoms with Gasteiger partial charge in [0.15, 0.2) is 0 Å². The molecule has 0 N–H and O–H groups in total. The van der Waals surface area contributed by atoms with Crippen molar-refractivity contribution in [2.75, 3.05) is 0 Å².